The number of aromatic nitrogens is 2. The Hall–Kier alpha value is -1.75. The van der Waals surface area contributed by atoms with Crippen LogP contribution in [-0.2, 0) is 0 Å². The Morgan fingerprint density at radius 2 is 1.89 bits per heavy atom. The molecular formula is C13H12BrN3O. The molecule has 0 bridgehead atoms. The predicted octanol–water partition coefficient (Wildman–Crippen LogP) is 2.67. The Balaban J connectivity index is 2.49. The van der Waals surface area contributed by atoms with E-state index in [0.29, 0.717) is 11.3 Å². The zero-order valence-corrected chi connectivity index (χ0v) is 11.7. The van der Waals surface area contributed by atoms with E-state index in [1.807, 2.05) is 13.0 Å². The Bertz CT molecular complexity index is 626. The van der Waals surface area contributed by atoms with Crippen LogP contribution in [0.5, 0.6) is 0 Å². The van der Waals surface area contributed by atoms with Crippen LogP contribution >= 0.6 is 15.9 Å². The average Bonchev–Trinajstić information content (AvgIpc) is 2.33. The van der Waals surface area contributed by atoms with Crippen LogP contribution in [0, 0.1) is 13.8 Å². The average molecular weight is 306 g/mol. The van der Waals surface area contributed by atoms with Crippen molar-refractivity contribution in [2.45, 2.75) is 13.8 Å². The number of carbonyl (C=O) groups is 1. The van der Waals surface area contributed by atoms with E-state index in [4.69, 9.17) is 5.73 Å². The maximum atomic E-state index is 12.3. The summed E-state index contributed by atoms with van der Waals surface area (Å²) < 4.78 is 0.837. The number of nitrogens with two attached hydrogens (primary N) is 1. The third kappa shape index (κ3) is 2.41. The van der Waals surface area contributed by atoms with Gasteiger partial charge in [0.2, 0.25) is 5.78 Å². The quantitative estimate of drug-likeness (QED) is 0.866. The molecule has 0 atom stereocenters. The number of ketones is 1. The highest BCUT2D eigenvalue weighted by molar-refractivity contribution is 9.10. The molecule has 0 amide bonds. The molecule has 2 aromatic rings. The molecule has 4 nitrogen and oxygen atoms in total. The second kappa shape index (κ2) is 4.86. The normalized spacial score (nSPS) is 10.4. The fourth-order valence-electron chi connectivity index (χ4n) is 1.55. The number of nitrogens with zero attached hydrogens (tertiary/aromatic N) is 2. The number of halogens is 1. The third-order valence-corrected chi connectivity index (χ3v) is 3.13. The highest BCUT2D eigenvalue weighted by atomic mass is 79.9. The van der Waals surface area contributed by atoms with Crippen LogP contribution in [-0.4, -0.2) is 15.8 Å². The van der Waals surface area contributed by atoms with Crippen molar-refractivity contribution >= 4 is 27.5 Å². The predicted molar refractivity (Wildman–Crippen MR) is 73.5 cm³/mol. The molecule has 92 valence electrons. The lowest BCUT2D eigenvalue weighted by atomic mass is 10.1. The standard InChI is InChI=1S/C13H12BrN3O/c1-7-8(2)17-13(15)11(16-7)12(18)9-4-3-5-10(14)6-9/h3-6H,1-2H3,(H2,15,17). The van der Waals surface area contributed by atoms with Crippen LogP contribution in [0.3, 0.4) is 0 Å². The van der Waals surface area contributed by atoms with E-state index in [0.717, 1.165) is 10.2 Å². The van der Waals surface area contributed by atoms with Gasteiger partial charge in [-0.1, -0.05) is 28.1 Å². The summed E-state index contributed by atoms with van der Waals surface area (Å²) in [6, 6.07) is 7.11. The van der Waals surface area contributed by atoms with Gasteiger partial charge in [0.25, 0.3) is 0 Å². The fraction of sp³-hybridized carbons (Fsp3) is 0.154. The first-order valence-electron chi connectivity index (χ1n) is 5.40. The van der Waals surface area contributed by atoms with Crippen molar-refractivity contribution in [3.8, 4) is 0 Å². The van der Waals surface area contributed by atoms with Gasteiger partial charge in [0, 0.05) is 10.0 Å². The molecular weight excluding hydrogens is 294 g/mol. The van der Waals surface area contributed by atoms with Crippen molar-refractivity contribution in [1.82, 2.24) is 9.97 Å². The molecule has 5 heteroatoms. The molecule has 0 radical (unpaired) electrons. The number of carbonyl (C=O) groups excluding carboxylic acids is 1. The largest absolute Gasteiger partial charge is 0.382 e. The molecule has 0 aliphatic rings. The van der Waals surface area contributed by atoms with Crippen molar-refractivity contribution in [3.05, 3.63) is 51.4 Å². The van der Waals surface area contributed by atoms with Crippen LogP contribution in [0.25, 0.3) is 0 Å². The highest BCUT2D eigenvalue weighted by Crippen LogP contribution is 2.18. The Labute approximate surface area is 113 Å². The van der Waals surface area contributed by atoms with Crippen LogP contribution in [0.4, 0.5) is 5.82 Å². The van der Waals surface area contributed by atoms with E-state index < -0.39 is 0 Å². The van der Waals surface area contributed by atoms with E-state index in [2.05, 4.69) is 25.9 Å². The van der Waals surface area contributed by atoms with Crippen molar-refractivity contribution in [2.75, 3.05) is 5.73 Å². The van der Waals surface area contributed by atoms with Gasteiger partial charge >= 0.3 is 0 Å². The Morgan fingerprint density at radius 1 is 1.22 bits per heavy atom. The van der Waals surface area contributed by atoms with Gasteiger partial charge in [-0.3, -0.25) is 4.79 Å². The van der Waals surface area contributed by atoms with Gasteiger partial charge in [-0.25, -0.2) is 9.97 Å². The number of anilines is 1. The summed E-state index contributed by atoms with van der Waals surface area (Å²) >= 11 is 3.33. The van der Waals surface area contributed by atoms with E-state index >= 15 is 0 Å². The van der Waals surface area contributed by atoms with Crippen LogP contribution in [0.1, 0.15) is 27.4 Å². The van der Waals surface area contributed by atoms with Crippen LogP contribution < -0.4 is 5.73 Å². The van der Waals surface area contributed by atoms with E-state index in [1.165, 1.54) is 0 Å². The summed E-state index contributed by atoms with van der Waals surface area (Å²) in [5.41, 5.74) is 7.95. The molecule has 0 spiro atoms. The molecule has 2 N–H and O–H groups in total. The van der Waals surface area contributed by atoms with Gasteiger partial charge in [0.15, 0.2) is 11.5 Å². The first-order chi connectivity index (χ1) is 8.49. The van der Waals surface area contributed by atoms with Crippen molar-refractivity contribution in [1.29, 1.82) is 0 Å². The molecule has 0 aliphatic heterocycles. The number of nitrogen functional groups attached to an aromatic ring is 1. The Kier molecular flexibility index (Phi) is 3.43. The summed E-state index contributed by atoms with van der Waals surface area (Å²) in [7, 11) is 0. The SMILES string of the molecule is Cc1nc(N)c(C(=O)c2cccc(Br)c2)nc1C. The minimum Gasteiger partial charge on any atom is -0.382 e. The topological polar surface area (TPSA) is 68.9 Å². The zero-order chi connectivity index (χ0) is 13.3. The number of rotatable bonds is 2. The first kappa shape index (κ1) is 12.7. The number of hydrogen-bond acceptors (Lipinski definition) is 4. The highest BCUT2D eigenvalue weighted by Gasteiger charge is 2.16. The lowest BCUT2D eigenvalue weighted by molar-refractivity contribution is 0.103. The van der Waals surface area contributed by atoms with Gasteiger partial charge in [0.05, 0.1) is 11.4 Å². The van der Waals surface area contributed by atoms with Crippen molar-refractivity contribution < 1.29 is 4.79 Å². The Morgan fingerprint density at radius 3 is 2.56 bits per heavy atom. The molecule has 0 saturated carbocycles. The van der Waals surface area contributed by atoms with E-state index in [9.17, 15) is 4.79 Å². The molecule has 0 saturated heterocycles. The maximum absolute atomic E-state index is 12.3. The minimum absolute atomic E-state index is 0.170. The molecule has 1 aromatic carbocycles. The van der Waals surface area contributed by atoms with E-state index in [1.54, 1.807) is 25.1 Å². The molecule has 1 aromatic heterocycles. The summed E-state index contributed by atoms with van der Waals surface area (Å²) in [5, 5.41) is 0. The molecule has 2 rings (SSSR count). The zero-order valence-electron chi connectivity index (χ0n) is 10.1. The lowest BCUT2D eigenvalue weighted by Crippen LogP contribution is -2.12. The van der Waals surface area contributed by atoms with Gasteiger partial charge in [-0.15, -0.1) is 0 Å². The minimum atomic E-state index is -0.218. The van der Waals surface area contributed by atoms with Gasteiger partial charge < -0.3 is 5.73 Å². The lowest BCUT2D eigenvalue weighted by Gasteiger charge is -2.07. The number of benzene rings is 1. The van der Waals surface area contributed by atoms with Gasteiger partial charge in [-0.05, 0) is 26.0 Å². The summed E-state index contributed by atoms with van der Waals surface area (Å²) in [4.78, 5) is 20.6. The second-order valence-corrected chi connectivity index (χ2v) is 4.88. The van der Waals surface area contributed by atoms with Crippen molar-refractivity contribution in [3.63, 3.8) is 0 Å². The summed E-state index contributed by atoms with van der Waals surface area (Å²) in [6.07, 6.45) is 0. The summed E-state index contributed by atoms with van der Waals surface area (Å²) in [5.74, 6) is -0.0486. The van der Waals surface area contributed by atoms with Gasteiger partial charge in [0.1, 0.15) is 0 Å². The van der Waals surface area contributed by atoms with E-state index in [-0.39, 0.29) is 17.3 Å². The van der Waals surface area contributed by atoms with Crippen LogP contribution in [0.2, 0.25) is 0 Å². The van der Waals surface area contributed by atoms with Crippen LogP contribution in [0.15, 0.2) is 28.7 Å². The number of hydrogen-bond donors (Lipinski definition) is 1. The smallest absolute Gasteiger partial charge is 0.215 e. The third-order valence-electron chi connectivity index (χ3n) is 2.64. The second-order valence-electron chi connectivity index (χ2n) is 3.97. The summed E-state index contributed by atoms with van der Waals surface area (Å²) in [6.45, 7) is 3.62. The molecule has 0 aliphatic carbocycles. The molecule has 1 heterocycles. The first-order valence-corrected chi connectivity index (χ1v) is 6.19. The molecule has 0 unspecified atom stereocenters. The fourth-order valence-corrected chi connectivity index (χ4v) is 1.95. The van der Waals surface area contributed by atoms with Crippen molar-refractivity contribution in [2.24, 2.45) is 0 Å². The maximum Gasteiger partial charge on any atom is 0.215 e. The number of aryl methyl sites for hydroxylation is 2. The molecule has 18 heavy (non-hydrogen) atoms. The monoisotopic (exact) mass is 305 g/mol. The van der Waals surface area contributed by atoms with Gasteiger partial charge in [-0.2, -0.15) is 0 Å². The molecule has 0 fully saturated rings.